The van der Waals surface area contributed by atoms with E-state index in [1.54, 1.807) is 11.8 Å². The van der Waals surface area contributed by atoms with Gasteiger partial charge in [0.2, 0.25) is 0 Å². The largest absolute Gasteiger partial charge is 0.389 e. The van der Waals surface area contributed by atoms with Crippen molar-refractivity contribution in [2.24, 2.45) is 5.84 Å². The molecule has 1 rings (SSSR count). The van der Waals surface area contributed by atoms with Crippen LogP contribution in [-0.2, 0) is 0 Å². The Hall–Kier alpha value is 0.0600. The maximum atomic E-state index is 12.0. The number of rotatable bonds is 4. The lowest BCUT2D eigenvalue weighted by Gasteiger charge is -2.22. The molecule has 84 valence electrons. The molecule has 14 heavy (non-hydrogen) atoms. The number of hydrogen-bond donors (Lipinski definition) is 2. The lowest BCUT2D eigenvalue weighted by Crippen LogP contribution is -2.42. The lowest BCUT2D eigenvalue weighted by molar-refractivity contribution is -0.136. The minimum Gasteiger partial charge on any atom is -0.271 e. The molecule has 0 spiro atoms. The Morgan fingerprint density at radius 3 is 2.64 bits per heavy atom. The van der Waals surface area contributed by atoms with Crippen molar-refractivity contribution in [1.82, 2.24) is 5.43 Å². The van der Waals surface area contributed by atoms with Crippen molar-refractivity contribution in [1.29, 1.82) is 0 Å². The van der Waals surface area contributed by atoms with E-state index in [1.165, 1.54) is 0 Å². The number of hydrazine groups is 1. The van der Waals surface area contributed by atoms with Crippen LogP contribution in [0.25, 0.3) is 0 Å². The van der Waals surface area contributed by atoms with Crippen LogP contribution in [0.4, 0.5) is 13.2 Å². The van der Waals surface area contributed by atoms with E-state index >= 15 is 0 Å². The Balaban J connectivity index is 2.31. The van der Waals surface area contributed by atoms with E-state index in [1.807, 2.05) is 0 Å². The van der Waals surface area contributed by atoms with Crippen molar-refractivity contribution in [3.05, 3.63) is 0 Å². The average Bonchev–Trinajstić information content (AvgIpc) is 2.56. The molecular formula is C8H15F3N2S. The van der Waals surface area contributed by atoms with Gasteiger partial charge in [-0.25, -0.2) is 0 Å². The van der Waals surface area contributed by atoms with E-state index in [9.17, 15) is 13.2 Å². The Bertz CT molecular complexity index is 168. The maximum absolute atomic E-state index is 12.0. The van der Waals surface area contributed by atoms with E-state index in [0.717, 1.165) is 18.6 Å². The second kappa shape index (κ2) is 5.23. The standard InChI is InChI=1S/C8H15F3N2S/c9-8(10,11)4-3-6(13-12)7-2-1-5-14-7/h6-7,13H,1-5,12H2. The molecule has 6 heteroatoms. The first-order chi connectivity index (χ1) is 6.53. The molecule has 0 bridgehead atoms. The predicted molar refractivity (Wildman–Crippen MR) is 51.9 cm³/mol. The molecule has 1 aliphatic heterocycles. The quantitative estimate of drug-likeness (QED) is 0.571. The Morgan fingerprint density at radius 2 is 2.21 bits per heavy atom. The fourth-order valence-electron chi connectivity index (χ4n) is 1.62. The van der Waals surface area contributed by atoms with Gasteiger partial charge in [-0.3, -0.25) is 11.3 Å². The molecule has 1 saturated heterocycles. The smallest absolute Gasteiger partial charge is 0.271 e. The van der Waals surface area contributed by atoms with Crippen LogP contribution in [0.5, 0.6) is 0 Å². The third-order valence-corrected chi connectivity index (χ3v) is 3.88. The molecule has 2 unspecified atom stereocenters. The first-order valence-corrected chi connectivity index (χ1v) is 5.72. The van der Waals surface area contributed by atoms with Crippen LogP contribution in [0.2, 0.25) is 0 Å². The van der Waals surface area contributed by atoms with Crippen molar-refractivity contribution in [3.63, 3.8) is 0 Å². The Morgan fingerprint density at radius 1 is 1.50 bits per heavy atom. The van der Waals surface area contributed by atoms with Gasteiger partial charge in [-0.1, -0.05) is 0 Å². The molecule has 0 saturated carbocycles. The molecule has 2 nitrogen and oxygen atoms in total. The van der Waals surface area contributed by atoms with Crippen molar-refractivity contribution in [3.8, 4) is 0 Å². The molecule has 3 N–H and O–H groups in total. The summed E-state index contributed by atoms with van der Waals surface area (Å²) >= 11 is 1.72. The van der Waals surface area contributed by atoms with Crippen LogP contribution >= 0.6 is 11.8 Å². The van der Waals surface area contributed by atoms with Crippen LogP contribution in [0.1, 0.15) is 25.7 Å². The zero-order chi connectivity index (χ0) is 10.6. The molecule has 1 heterocycles. The van der Waals surface area contributed by atoms with Gasteiger partial charge in [0.25, 0.3) is 0 Å². The number of nitrogens with two attached hydrogens (primary N) is 1. The van der Waals surface area contributed by atoms with Gasteiger partial charge in [0.15, 0.2) is 0 Å². The summed E-state index contributed by atoms with van der Waals surface area (Å²) in [6.07, 6.45) is -2.69. The van der Waals surface area contributed by atoms with E-state index in [-0.39, 0.29) is 17.7 Å². The topological polar surface area (TPSA) is 38.0 Å². The van der Waals surface area contributed by atoms with Crippen molar-refractivity contribution in [2.45, 2.75) is 43.2 Å². The summed E-state index contributed by atoms with van der Waals surface area (Å²) in [5.41, 5.74) is 2.50. The Labute approximate surface area is 85.8 Å². The second-order valence-corrected chi connectivity index (χ2v) is 4.83. The van der Waals surface area contributed by atoms with Gasteiger partial charge < -0.3 is 0 Å². The van der Waals surface area contributed by atoms with Crippen molar-refractivity contribution >= 4 is 11.8 Å². The summed E-state index contributed by atoms with van der Waals surface area (Å²) < 4.78 is 35.9. The summed E-state index contributed by atoms with van der Waals surface area (Å²) in [6, 6.07) is -0.205. The molecular weight excluding hydrogens is 213 g/mol. The first-order valence-electron chi connectivity index (χ1n) is 4.67. The van der Waals surface area contributed by atoms with Gasteiger partial charge in [-0.15, -0.1) is 0 Å². The number of halogens is 3. The fraction of sp³-hybridized carbons (Fsp3) is 1.00. The van der Waals surface area contributed by atoms with Crippen LogP contribution in [-0.4, -0.2) is 23.2 Å². The van der Waals surface area contributed by atoms with Crippen LogP contribution in [0.3, 0.4) is 0 Å². The normalized spacial score (nSPS) is 25.3. The third-order valence-electron chi connectivity index (χ3n) is 2.37. The van der Waals surface area contributed by atoms with Gasteiger partial charge in [0, 0.05) is 17.7 Å². The SMILES string of the molecule is NNC(CCC(F)(F)F)C1CCCS1. The van der Waals surface area contributed by atoms with Crippen molar-refractivity contribution in [2.75, 3.05) is 5.75 Å². The summed E-state index contributed by atoms with van der Waals surface area (Å²) in [6.45, 7) is 0. The number of hydrogen-bond acceptors (Lipinski definition) is 3. The Kier molecular flexibility index (Phi) is 4.53. The zero-order valence-corrected chi connectivity index (χ0v) is 8.63. The summed E-state index contributed by atoms with van der Waals surface area (Å²) in [5.74, 6) is 6.29. The summed E-state index contributed by atoms with van der Waals surface area (Å²) in [7, 11) is 0. The van der Waals surface area contributed by atoms with E-state index in [2.05, 4.69) is 5.43 Å². The second-order valence-electron chi connectivity index (χ2n) is 3.48. The maximum Gasteiger partial charge on any atom is 0.389 e. The van der Waals surface area contributed by atoms with E-state index in [4.69, 9.17) is 5.84 Å². The molecule has 1 fully saturated rings. The van der Waals surface area contributed by atoms with Crippen LogP contribution in [0, 0.1) is 0 Å². The molecule has 0 aromatic carbocycles. The van der Waals surface area contributed by atoms with Gasteiger partial charge >= 0.3 is 6.18 Å². The van der Waals surface area contributed by atoms with E-state index in [0.29, 0.717) is 0 Å². The predicted octanol–water partition coefficient (Wildman–Crippen LogP) is 2.06. The minimum atomic E-state index is -4.07. The number of alkyl halides is 3. The zero-order valence-electron chi connectivity index (χ0n) is 7.81. The van der Waals surface area contributed by atoms with Gasteiger partial charge in [0.1, 0.15) is 0 Å². The highest BCUT2D eigenvalue weighted by atomic mass is 32.2. The monoisotopic (exact) mass is 228 g/mol. The molecule has 0 radical (unpaired) electrons. The van der Waals surface area contributed by atoms with Crippen LogP contribution < -0.4 is 11.3 Å². The minimum absolute atomic E-state index is 0.0810. The number of nitrogens with one attached hydrogen (secondary N) is 1. The molecule has 0 aromatic rings. The van der Waals surface area contributed by atoms with Gasteiger partial charge in [0.05, 0.1) is 0 Å². The molecule has 0 amide bonds. The number of thioether (sulfide) groups is 1. The highest BCUT2D eigenvalue weighted by Gasteiger charge is 2.31. The average molecular weight is 228 g/mol. The van der Waals surface area contributed by atoms with Gasteiger partial charge in [-0.2, -0.15) is 24.9 Å². The van der Waals surface area contributed by atoms with Crippen LogP contribution in [0.15, 0.2) is 0 Å². The summed E-state index contributed by atoms with van der Waals surface area (Å²) in [5, 5.41) is 0.252. The highest BCUT2D eigenvalue weighted by Crippen LogP contribution is 2.32. The molecule has 0 aromatic heterocycles. The molecule has 0 aliphatic carbocycles. The first kappa shape index (κ1) is 12.1. The molecule has 2 atom stereocenters. The fourth-order valence-corrected chi connectivity index (χ4v) is 3.03. The summed E-state index contributed by atoms with van der Waals surface area (Å²) in [4.78, 5) is 0. The lowest BCUT2D eigenvalue weighted by atomic mass is 10.1. The highest BCUT2D eigenvalue weighted by molar-refractivity contribution is 8.00. The van der Waals surface area contributed by atoms with E-state index < -0.39 is 12.6 Å². The van der Waals surface area contributed by atoms with Crippen molar-refractivity contribution < 1.29 is 13.2 Å². The third kappa shape index (κ3) is 4.06. The van der Waals surface area contributed by atoms with Gasteiger partial charge in [-0.05, 0) is 25.0 Å². The molecule has 1 aliphatic rings.